The third kappa shape index (κ3) is 12.6. The Balaban J connectivity index is 0.000000111. The Labute approximate surface area is 800 Å². The monoisotopic (exact) mass is 1780 g/mol. The summed E-state index contributed by atoms with van der Waals surface area (Å²) in [5.41, 5.74) is 32.0. The summed E-state index contributed by atoms with van der Waals surface area (Å²) in [4.78, 5) is 50.0. The second kappa shape index (κ2) is 31.1. The van der Waals surface area contributed by atoms with Crippen LogP contribution in [0.3, 0.4) is 0 Å². The van der Waals surface area contributed by atoms with Gasteiger partial charge in [0.15, 0.2) is 23.3 Å². The van der Waals surface area contributed by atoms with Gasteiger partial charge >= 0.3 is 0 Å². The zero-order valence-corrected chi connectivity index (χ0v) is 77.0. The summed E-state index contributed by atoms with van der Waals surface area (Å²) in [6.45, 7) is 13.9. The van der Waals surface area contributed by atoms with Crippen molar-refractivity contribution in [3.63, 3.8) is 0 Å². The first-order chi connectivity index (χ1) is 68.2. The average molecular weight is 1780 g/mol. The number of hydrogen-bond donors (Lipinski definition) is 0. The lowest BCUT2D eigenvalue weighted by Gasteiger charge is -2.35. The van der Waals surface area contributed by atoms with Crippen molar-refractivity contribution in [3.05, 3.63) is 447 Å². The minimum atomic E-state index is -0.272. The van der Waals surface area contributed by atoms with E-state index in [0.717, 1.165) is 116 Å². The van der Waals surface area contributed by atoms with E-state index in [1.165, 1.54) is 115 Å². The van der Waals surface area contributed by atoms with Crippen LogP contribution < -0.4 is 0 Å². The SMILES string of the molecule is CC1(C)c2cc3c(cc2-c2cccc4cccc1c24)c1cc(-c2ccc4c(c2)c2ccccc2n4-c2ccccc2)ccc1n3-c1nc(-c2ccccc2)nc(-c2ccccc2)n1.CC1(C)c2cc3c(cc2-c2nccc4ccnc1c24)c1ccccc1n3-c1ccccc1.CC1(C)c2cc3c(cc2-c2ncnc4cccc1c24)c1ccccc1n3-c1nc(-c2ccccc2)nc(-c2ccccc2)n1. The first-order valence-corrected chi connectivity index (χ1v) is 47.4. The van der Waals surface area contributed by atoms with Crippen molar-refractivity contribution < 1.29 is 0 Å². The van der Waals surface area contributed by atoms with Gasteiger partial charge in [-0.15, -0.1) is 0 Å². The highest BCUT2D eigenvalue weighted by molar-refractivity contribution is 6.18. The molecule has 0 aliphatic heterocycles. The first-order valence-electron chi connectivity index (χ1n) is 47.4. The van der Waals surface area contributed by atoms with E-state index in [-0.39, 0.29) is 16.2 Å². The fourth-order valence-electron chi connectivity index (χ4n) is 22.7. The van der Waals surface area contributed by atoms with Crippen molar-refractivity contribution >= 4 is 120 Å². The third-order valence-corrected chi connectivity index (χ3v) is 29.3. The fourth-order valence-corrected chi connectivity index (χ4v) is 22.7. The molecule has 0 N–H and O–H groups in total. The minimum Gasteiger partial charge on any atom is -0.309 e. The molecule has 3 aliphatic carbocycles. The van der Waals surface area contributed by atoms with Crippen molar-refractivity contribution in [1.29, 1.82) is 0 Å². The topological polar surface area (TPSA) is 149 Å². The van der Waals surface area contributed by atoms with Gasteiger partial charge in [0.05, 0.1) is 66.7 Å². The van der Waals surface area contributed by atoms with Gasteiger partial charge in [0.25, 0.3) is 0 Å². The van der Waals surface area contributed by atoms with Crippen LogP contribution in [0.4, 0.5) is 0 Å². The molecule has 0 radical (unpaired) electrons. The predicted octanol–water partition coefficient (Wildman–Crippen LogP) is 30.1. The number of hydrogen-bond acceptors (Lipinski definition) is 10. The van der Waals surface area contributed by atoms with Crippen LogP contribution in [0.1, 0.15) is 75.1 Å². The zero-order chi connectivity index (χ0) is 92.7. The molecule has 0 atom stereocenters. The van der Waals surface area contributed by atoms with E-state index in [4.69, 9.17) is 44.9 Å². The van der Waals surface area contributed by atoms with Gasteiger partial charge in [-0.05, 0) is 188 Å². The molecular weight excluding hydrogens is 1700 g/mol. The van der Waals surface area contributed by atoms with Crippen molar-refractivity contribution in [3.8, 4) is 114 Å². The molecule has 0 fully saturated rings. The molecular formula is C125H86N14. The van der Waals surface area contributed by atoms with Gasteiger partial charge in [0.1, 0.15) is 6.33 Å². The van der Waals surface area contributed by atoms with Crippen LogP contribution in [0, 0.1) is 0 Å². The van der Waals surface area contributed by atoms with Gasteiger partial charge in [0.2, 0.25) is 11.9 Å². The second-order valence-corrected chi connectivity index (χ2v) is 38.2. The summed E-state index contributed by atoms with van der Waals surface area (Å²) in [6.07, 6.45) is 5.52. The molecule has 656 valence electrons. The van der Waals surface area contributed by atoms with E-state index in [9.17, 15) is 0 Å². The van der Waals surface area contributed by atoms with Crippen LogP contribution in [0.15, 0.2) is 413 Å². The molecule has 139 heavy (non-hydrogen) atoms. The molecule has 9 heterocycles. The van der Waals surface area contributed by atoms with Crippen LogP contribution in [0.5, 0.6) is 0 Å². The van der Waals surface area contributed by atoms with Gasteiger partial charge in [0, 0.05) is 127 Å². The van der Waals surface area contributed by atoms with Crippen molar-refractivity contribution in [2.24, 2.45) is 0 Å². The van der Waals surface area contributed by atoms with Crippen LogP contribution in [0.2, 0.25) is 0 Å². The van der Waals surface area contributed by atoms with Crippen LogP contribution in [0.25, 0.3) is 233 Å². The van der Waals surface area contributed by atoms with Gasteiger partial charge in [-0.2, -0.15) is 19.9 Å². The number of nitrogens with zero attached hydrogens (tertiary/aromatic N) is 14. The smallest absolute Gasteiger partial charge is 0.238 e. The van der Waals surface area contributed by atoms with Crippen molar-refractivity contribution in [2.45, 2.75) is 57.8 Å². The molecule has 0 saturated heterocycles. The molecule has 26 aromatic rings. The number of fused-ring (bicyclic) bond motifs is 18. The lowest BCUT2D eigenvalue weighted by atomic mass is 9.68. The maximum absolute atomic E-state index is 5.30. The maximum atomic E-state index is 5.30. The normalized spacial score (nSPS) is 13.4. The Bertz CT molecular complexity index is 9460. The highest BCUT2D eigenvalue weighted by Crippen LogP contribution is 2.55. The third-order valence-electron chi connectivity index (χ3n) is 29.3. The highest BCUT2D eigenvalue weighted by atomic mass is 15.2. The van der Waals surface area contributed by atoms with E-state index in [1.54, 1.807) is 6.33 Å². The van der Waals surface area contributed by atoms with Crippen molar-refractivity contribution in [2.75, 3.05) is 0 Å². The quantitative estimate of drug-likeness (QED) is 0.137. The van der Waals surface area contributed by atoms with E-state index in [1.807, 2.05) is 109 Å². The molecule has 0 saturated carbocycles. The van der Waals surface area contributed by atoms with Gasteiger partial charge in [-0.1, -0.05) is 315 Å². The predicted molar refractivity (Wildman–Crippen MR) is 567 cm³/mol. The molecule has 17 aromatic carbocycles. The Morgan fingerprint density at radius 1 is 0.209 bits per heavy atom. The summed E-state index contributed by atoms with van der Waals surface area (Å²) >= 11 is 0. The Kier molecular flexibility index (Phi) is 18.1. The molecule has 14 heteroatoms. The molecule has 14 nitrogen and oxygen atoms in total. The molecule has 29 rings (SSSR count). The Hall–Kier alpha value is -17.9. The summed E-state index contributed by atoms with van der Waals surface area (Å²) in [6, 6.07) is 140. The molecule has 3 aliphatic rings. The Morgan fingerprint density at radius 3 is 1.07 bits per heavy atom. The molecule has 0 spiro atoms. The molecule has 0 bridgehead atoms. The number of benzene rings is 17. The molecule has 9 aromatic heterocycles. The van der Waals surface area contributed by atoms with Crippen LogP contribution in [-0.2, 0) is 16.2 Å². The van der Waals surface area contributed by atoms with E-state index < -0.39 is 0 Å². The average Bonchev–Trinajstić information content (AvgIpc) is 1.66. The number of pyridine rings is 2. The summed E-state index contributed by atoms with van der Waals surface area (Å²) in [5, 5.41) is 15.7. The first kappa shape index (κ1) is 80.7. The van der Waals surface area contributed by atoms with E-state index >= 15 is 0 Å². The van der Waals surface area contributed by atoms with Gasteiger partial charge in [-0.25, -0.2) is 19.9 Å². The molecule has 0 unspecified atom stereocenters. The lowest BCUT2D eigenvalue weighted by molar-refractivity contribution is 0.622. The minimum absolute atomic E-state index is 0.225. The summed E-state index contributed by atoms with van der Waals surface area (Å²) in [7, 11) is 0. The summed E-state index contributed by atoms with van der Waals surface area (Å²) < 4.78 is 9.21. The number of rotatable bonds is 9. The van der Waals surface area contributed by atoms with Crippen molar-refractivity contribution in [1.82, 2.24) is 68.1 Å². The largest absolute Gasteiger partial charge is 0.309 e. The second-order valence-electron chi connectivity index (χ2n) is 38.2. The van der Waals surface area contributed by atoms with Crippen LogP contribution in [-0.4, -0.2) is 68.1 Å². The lowest BCUT2D eigenvalue weighted by Crippen LogP contribution is -2.25. The summed E-state index contributed by atoms with van der Waals surface area (Å²) in [5.74, 6) is 3.71. The van der Waals surface area contributed by atoms with E-state index in [2.05, 4.69) is 362 Å². The van der Waals surface area contributed by atoms with Gasteiger partial charge in [-0.3, -0.25) is 19.1 Å². The standard InChI is InChI=1S/C58H39N5.C38H26N6.C29H21N3/c1-58(2)48-26-15-21-36-20-14-25-43(54(36)48)44-34-47-46-33-40(39-28-30-51-45(32-39)42-24-12-13-27-50(42)62(51)41-22-10-5-11-23-41)29-31-52(46)63(53(47)35-49(44)58)57-60-55(37-16-6-3-7-17-37)59-56(61-57)38-18-8-4-9-19-38;1-38(2)28-17-11-18-30-33(28)34(40-22-39-30)27-20-26-25-16-9-10-19-31(25)44(32(26)21-29(27)38)37-42-35(23-12-5-3-6-13-23)41-36(43-37)24-14-7-4-8-15-24;1-29(2)23-17-25-21(16-22(23)27-26-18(12-14-30-27)13-15-31-28(26)29)20-10-6-7-11-24(20)32(25)19-8-4-3-5-9-19/h3-35H,1-2H3;3-22H,1-2H3;3-17H,1-2H3. The zero-order valence-electron chi connectivity index (χ0n) is 77.0. The Morgan fingerprint density at radius 2 is 0.568 bits per heavy atom. The molecule has 0 amide bonds. The van der Waals surface area contributed by atoms with Gasteiger partial charge < -0.3 is 9.13 Å². The maximum Gasteiger partial charge on any atom is 0.238 e. The fraction of sp³-hybridized carbons (Fsp3) is 0.0720. The number of aromatic nitrogens is 14. The highest BCUT2D eigenvalue weighted by Gasteiger charge is 2.40. The number of para-hydroxylation sites is 5. The van der Waals surface area contributed by atoms with E-state index in [0.29, 0.717) is 35.2 Å². The van der Waals surface area contributed by atoms with Crippen LogP contribution >= 0.6 is 0 Å².